The van der Waals surface area contributed by atoms with E-state index in [-0.39, 0.29) is 30.1 Å². The second-order valence-corrected chi connectivity index (χ2v) is 9.23. The summed E-state index contributed by atoms with van der Waals surface area (Å²) in [5.41, 5.74) is 3.54. The number of fused-ring (bicyclic) bond motifs is 1. The van der Waals surface area contributed by atoms with Crippen molar-refractivity contribution in [2.75, 3.05) is 18.6 Å². The van der Waals surface area contributed by atoms with Crippen LogP contribution in [-0.2, 0) is 31.1 Å². The number of carbonyl (C=O) groups excluding carboxylic acids is 3. The van der Waals surface area contributed by atoms with Gasteiger partial charge in [-0.1, -0.05) is 48.5 Å². The minimum atomic E-state index is -0.616. The highest BCUT2D eigenvalue weighted by molar-refractivity contribution is 6.04. The quantitative estimate of drug-likeness (QED) is 0.674. The molecule has 0 saturated carbocycles. The fraction of sp³-hybridized carbons (Fsp3) is 0.370. The molecule has 1 spiro atoms. The van der Waals surface area contributed by atoms with Gasteiger partial charge in [0.05, 0.1) is 23.8 Å². The first-order chi connectivity index (χ1) is 15.9. The summed E-state index contributed by atoms with van der Waals surface area (Å²) < 4.78 is 5.16. The number of para-hydroxylation sites is 1. The van der Waals surface area contributed by atoms with Crippen LogP contribution in [0.4, 0.5) is 5.69 Å². The molecule has 1 fully saturated rings. The molecule has 0 aromatic heterocycles. The predicted molar refractivity (Wildman–Crippen MR) is 124 cm³/mol. The molecule has 3 atom stereocenters. The maximum Gasteiger partial charge on any atom is 0.335 e. The summed E-state index contributed by atoms with van der Waals surface area (Å²) in [5.74, 6) is -0.917. The molecule has 33 heavy (non-hydrogen) atoms. The Balaban J connectivity index is 1.76. The lowest BCUT2D eigenvalue weighted by atomic mass is 9.62. The largest absolute Gasteiger partial charge is 0.466 e. The first-order valence-corrected chi connectivity index (χ1v) is 11.4. The normalized spacial score (nSPS) is 26.0. The van der Waals surface area contributed by atoms with Crippen LogP contribution in [0.2, 0.25) is 0 Å². The van der Waals surface area contributed by atoms with Crippen molar-refractivity contribution in [2.45, 2.75) is 44.7 Å². The van der Waals surface area contributed by atoms with Crippen LogP contribution in [0.3, 0.4) is 0 Å². The Morgan fingerprint density at radius 1 is 1.03 bits per heavy atom. The van der Waals surface area contributed by atoms with Crippen molar-refractivity contribution in [3.8, 4) is 0 Å². The van der Waals surface area contributed by atoms with Gasteiger partial charge >= 0.3 is 5.97 Å². The molecule has 0 bridgehead atoms. The number of likely N-dealkylation sites (tertiary alicyclic amines) is 1. The number of amides is 1. The lowest BCUT2D eigenvalue weighted by Crippen LogP contribution is -2.54. The first-order valence-electron chi connectivity index (χ1n) is 11.4. The zero-order valence-corrected chi connectivity index (χ0v) is 19.2. The molecular formula is C27H28N2O4. The van der Waals surface area contributed by atoms with Crippen LogP contribution < -0.4 is 4.90 Å². The van der Waals surface area contributed by atoms with Gasteiger partial charge in [0.25, 0.3) is 0 Å². The van der Waals surface area contributed by atoms with Crippen LogP contribution in [0.5, 0.6) is 0 Å². The van der Waals surface area contributed by atoms with Crippen LogP contribution >= 0.6 is 0 Å². The fourth-order valence-corrected chi connectivity index (χ4v) is 6.39. The first kappa shape index (κ1) is 21.6. The van der Waals surface area contributed by atoms with E-state index < -0.39 is 11.4 Å². The zero-order chi connectivity index (χ0) is 23.3. The van der Waals surface area contributed by atoms with E-state index in [2.05, 4.69) is 23.1 Å². The van der Waals surface area contributed by atoms with Gasteiger partial charge in [0.15, 0.2) is 0 Å². The summed E-state index contributed by atoms with van der Waals surface area (Å²) >= 11 is 0. The summed E-state index contributed by atoms with van der Waals surface area (Å²) in [6.45, 7) is 4.61. The number of hydrogen-bond acceptors (Lipinski definition) is 5. The Kier molecular flexibility index (Phi) is 5.20. The van der Waals surface area contributed by atoms with Crippen LogP contribution in [-0.4, -0.2) is 42.3 Å². The minimum Gasteiger partial charge on any atom is -0.466 e. The molecule has 1 aliphatic carbocycles. The standard InChI is InChI=1S/C27H28N2O4/c1-17(30)20-15-21(26(32)33-3)25-27(22-11-7-8-12-23(22)29(25)18(2)31)13-14-28(24(20)27)16-19-9-5-4-6-10-19/h4-12,20,24H,13-16H2,1-3H3/t20-,24-,27?/m0/s1. The lowest BCUT2D eigenvalue weighted by molar-refractivity contribution is -0.137. The summed E-state index contributed by atoms with van der Waals surface area (Å²) in [5, 5.41) is 0. The average molecular weight is 445 g/mol. The molecule has 170 valence electrons. The van der Waals surface area contributed by atoms with E-state index >= 15 is 0 Å². The Morgan fingerprint density at radius 3 is 2.39 bits per heavy atom. The van der Waals surface area contributed by atoms with Gasteiger partial charge in [-0.05, 0) is 37.0 Å². The summed E-state index contributed by atoms with van der Waals surface area (Å²) in [6.07, 6.45) is 0.998. The van der Waals surface area contributed by atoms with E-state index in [0.29, 0.717) is 17.8 Å². The molecule has 6 nitrogen and oxygen atoms in total. The maximum atomic E-state index is 13.0. The predicted octanol–water partition coefficient (Wildman–Crippen LogP) is 3.60. The number of methoxy groups -OCH3 is 1. The van der Waals surface area contributed by atoms with Crippen LogP contribution in [0.1, 0.15) is 37.8 Å². The summed E-state index contributed by atoms with van der Waals surface area (Å²) in [7, 11) is 1.36. The number of benzene rings is 2. The molecule has 1 amide bonds. The second-order valence-electron chi connectivity index (χ2n) is 9.23. The molecule has 1 unspecified atom stereocenters. The van der Waals surface area contributed by atoms with Crippen LogP contribution in [0.15, 0.2) is 65.9 Å². The molecule has 2 heterocycles. The van der Waals surface area contributed by atoms with Gasteiger partial charge in [0, 0.05) is 37.7 Å². The van der Waals surface area contributed by atoms with Gasteiger partial charge in [-0.25, -0.2) is 4.79 Å². The van der Waals surface area contributed by atoms with E-state index in [1.807, 2.05) is 36.4 Å². The Hall–Kier alpha value is -3.25. The number of nitrogens with zero attached hydrogens (tertiary/aromatic N) is 2. The topological polar surface area (TPSA) is 66.9 Å². The van der Waals surface area contributed by atoms with E-state index in [9.17, 15) is 14.4 Å². The van der Waals surface area contributed by atoms with Gasteiger partial charge in [-0.2, -0.15) is 0 Å². The Bertz CT molecular complexity index is 1170. The minimum absolute atomic E-state index is 0.0542. The Morgan fingerprint density at radius 2 is 1.73 bits per heavy atom. The van der Waals surface area contributed by atoms with E-state index in [1.54, 1.807) is 11.8 Å². The van der Waals surface area contributed by atoms with Crippen molar-refractivity contribution >= 4 is 23.3 Å². The third-order valence-electron chi connectivity index (χ3n) is 7.55. The van der Waals surface area contributed by atoms with Gasteiger partial charge in [0.2, 0.25) is 5.91 Å². The highest BCUT2D eigenvalue weighted by Crippen LogP contribution is 2.61. The lowest BCUT2D eigenvalue weighted by Gasteiger charge is -2.45. The van der Waals surface area contributed by atoms with E-state index in [4.69, 9.17) is 4.74 Å². The number of hydrogen-bond donors (Lipinski definition) is 0. The molecule has 2 aromatic rings. The van der Waals surface area contributed by atoms with Gasteiger partial charge < -0.3 is 4.74 Å². The third kappa shape index (κ3) is 3.08. The zero-order valence-electron chi connectivity index (χ0n) is 19.2. The number of esters is 1. The van der Waals surface area contributed by atoms with Crippen LogP contribution in [0, 0.1) is 5.92 Å². The van der Waals surface area contributed by atoms with E-state index in [1.165, 1.54) is 19.6 Å². The van der Waals surface area contributed by atoms with Gasteiger partial charge in [-0.3, -0.25) is 19.4 Å². The highest BCUT2D eigenvalue weighted by Gasteiger charge is 2.64. The fourth-order valence-electron chi connectivity index (χ4n) is 6.39. The number of Topliss-reactive ketones (excluding diaryl/α,β-unsaturated/α-hetero) is 1. The highest BCUT2D eigenvalue weighted by atomic mass is 16.5. The van der Waals surface area contributed by atoms with Crippen molar-refractivity contribution in [3.05, 3.63) is 77.0 Å². The SMILES string of the molecule is COC(=O)C1=C2N(C(C)=O)c3ccccc3C23CCN(Cc2ccccc2)[C@H]3[C@H](C(C)=O)C1. The molecule has 5 rings (SSSR count). The average Bonchev–Trinajstić information content (AvgIpc) is 3.33. The number of carbonyl (C=O) groups is 3. The molecule has 0 radical (unpaired) electrons. The van der Waals surface area contributed by atoms with Crippen molar-refractivity contribution < 1.29 is 19.1 Å². The summed E-state index contributed by atoms with van der Waals surface area (Å²) in [4.78, 5) is 43.1. The summed E-state index contributed by atoms with van der Waals surface area (Å²) in [6, 6.07) is 18.0. The molecule has 1 saturated heterocycles. The number of ether oxygens (including phenoxy) is 1. The van der Waals surface area contributed by atoms with Crippen LogP contribution in [0.25, 0.3) is 0 Å². The monoisotopic (exact) mass is 444 g/mol. The maximum absolute atomic E-state index is 13.0. The number of ketones is 1. The molecule has 0 N–H and O–H groups in total. The molecule has 6 heteroatoms. The van der Waals surface area contributed by atoms with Gasteiger partial charge in [0.1, 0.15) is 5.78 Å². The smallest absolute Gasteiger partial charge is 0.335 e. The van der Waals surface area contributed by atoms with Crippen molar-refractivity contribution in [2.24, 2.45) is 5.92 Å². The number of anilines is 1. The molecule has 3 aliphatic rings. The van der Waals surface area contributed by atoms with Crippen molar-refractivity contribution in [1.82, 2.24) is 4.90 Å². The molecule has 2 aliphatic heterocycles. The van der Waals surface area contributed by atoms with Gasteiger partial charge in [-0.15, -0.1) is 0 Å². The van der Waals surface area contributed by atoms with E-state index in [0.717, 1.165) is 24.2 Å². The number of rotatable bonds is 4. The third-order valence-corrected chi connectivity index (χ3v) is 7.55. The van der Waals surface area contributed by atoms with Crippen molar-refractivity contribution in [3.63, 3.8) is 0 Å². The molecule has 2 aromatic carbocycles. The second kappa shape index (κ2) is 7.96. The molecular weight excluding hydrogens is 416 g/mol. The Labute approximate surface area is 193 Å². The van der Waals surface area contributed by atoms with Crippen molar-refractivity contribution in [1.29, 1.82) is 0 Å².